The number of nitrogens with zero attached hydrogens (tertiary/aromatic N) is 2. The SMILES string of the molecule is CC(O)c1ccccc1NCc1cc(C#N)n(C)c1. The summed E-state index contributed by atoms with van der Waals surface area (Å²) in [5.74, 6) is 0. The van der Waals surface area contributed by atoms with Gasteiger partial charge in [0.25, 0.3) is 0 Å². The van der Waals surface area contributed by atoms with Gasteiger partial charge in [-0.2, -0.15) is 5.26 Å². The molecule has 2 aromatic rings. The molecule has 0 aliphatic heterocycles. The van der Waals surface area contributed by atoms with Crippen molar-refractivity contribution in [3.8, 4) is 6.07 Å². The van der Waals surface area contributed by atoms with Crippen LogP contribution in [0.4, 0.5) is 5.69 Å². The van der Waals surface area contributed by atoms with E-state index in [0.29, 0.717) is 12.2 Å². The zero-order valence-corrected chi connectivity index (χ0v) is 11.1. The lowest BCUT2D eigenvalue weighted by Crippen LogP contribution is -2.03. The Morgan fingerprint density at radius 3 is 2.79 bits per heavy atom. The Hall–Kier alpha value is -2.25. The second-order valence-electron chi connectivity index (χ2n) is 4.57. The number of aromatic nitrogens is 1. The van der Waals surface area contributed by atoms with Gasteiger partial charge in [-0.25, -0.2) is 0 Å². The maximum absolute atomic E-state index is 9.70. The second kappa shape index (κ2) is 5.59. The molecule has 2 N–H and O–H groups in total. The van der Waals surface area contributed by atoms with Gasteiger partial charge in [0.2, 0.25) is 0 Å². The van der Waals surface area contributed by atoms with Crippen molar-refractivity contribution in [3.05, 3.63) is 53.3 Å². The molecule has 0 saturated carbocycles. The lowest BCUT2D eigenvalue weighted by Gasteiger charge is -2.13. The third-order valence-electron chi connectivity index (χ3n) is 3.07. The summed E-state index contributed by atoms with van der Waals surface area (Å²) in [4.78, 5) is 0. The minimum atomic E-state index is -0.505. The first-order chi connectivity index (χ1) is 9.11. The van der Waals surface area contributed by atoms with Gasteiger partial charge >= 0.3 is 0 Å². The van der Waals surface area contributed by atoms with Crippen LogP contribution in [0, 0.1) is 11.3 Å². The lowest BCUT2D eigenvalue weighted by atomic mass is 10.1. The Balaban J connectivity index is 2.12. The molecule has 0 aliphatic carbocycles. The molecular weight excluding hydrogens is 238 g/mol. The predicted molar refractivity (Wildman–Crippen MR) is 74.5 cm³/mol. The van der Waals surface area contributed by atoms with Gasteiger partial charge < -0.3 is 15.0 Å². The van der Waals surface area contributed by atoms with E-state index in [9.17, 15) is 5.11 Å². The van der Waals surface area contributed by atoms with Crippen molar-refractivity contribution in [1.82, 2.24) is 4.57 Å². The van der Waals surface area contributed by atoms with Crippen LogP contribution in [0.3, 0.4) is 0 Å². The monoisotopic (exact) mass is 255 g/mol. The normalized spacial score (nSPS) is 11.9. The molecule has 0 amide bonds. The molecule has 98 valence electrons. The van der Waals surface area contributed by atoms with E-state index in [2.05, 4.69) is 11.4 Å². The standard InChI is InChI=1S/C15H17N3O/c1-11(19)14-5-3-4-6-15(14)17-9-12-7-13(8-16)18(2)10-12/h3-7,10-11,17,19H,9H2,1-2H3. The molecule has 0 fully saturated rings. The average molecular weight is 255 g/mol. The van der Waals surface area contributed by atoms with Crippen LogP contribution in [0.5, 0.6) is 0 Å². The maximum atomic E-state index is 9.70. The van der Waals surface area contributed by atoms with Gasteiger partial charge in [0.15, 0.2) is 0 Å². The summed E-state index contributed by atoms with van der Waals surface area (Å²) < 4.78 is 1.80. The van der Waals surface area contributed by atoms with Gasteiger partial charge in [0.1, 0.15) is 11.8 Å². The number of hydrogen-bond donors (Lipinski definition) is 2. The van der Waals surface area contributed by atoms with Crippen LogP contribution in [0.15, 0.2) is 36.5 Å². The summed E-state index contributed by atoms with van der Waals surface area (Å²) in [5, 5.41) is 21.9. The van der Waals surface area contributed by atoms with Crippen LogP contribution < -0.4 is 5.32 Å². The smallest absolute Gasteiger partial charge is 0.120 e. The average Bonchev–Trinajstić information content (AvgIpc) is 2.77. The van der Waals surface area contributed by atoms with Crippen LogP contribution >= 0.6 is 0 Å². The fourth-order valence-electron chi connectivity index (χ4n) is 2.06. The number of aryl methyl sites for hydroxylation is 1. The van der Waals surface area contributed by atoms with E-state index in [-0.39, 0.29) is 0 Å². The van der Waals surface area contributed by atoms with E-state index < -0.39 is 6.10 Å². The largest absolute Gasteiger partial charge is 0.389 e. The fourth-order valence-corrected chi connectivity index (χ4v) is 2.06. The molecule has 1 aromatic carbocycles. The minimum absolute atomic E-state index is 0.505. The van der Waals surface area contributed by atoms with Gasteiger partial charge in [0, 0.05) is 31.0 Å². The first kappa shape index (κ1) is 13.2. The van der Waals surface area contributed by atoms with Crippen molar-refractivity contribution in [3.63, 3.8) is 0 Å². The first-order valence-electron chi connectivity index (χ1n) is 6.18. The summed E-state index contributed by atoms with van der Waals surface area (Å²) in [5.41, 5.74) is 3.47. The summed E-state index contributed by atoms with van der Waals surface area (Å²) in [6.07, 6.45) is 1.42. The Kier molecular flexibility index (Phi) is 3.88. The number of nitriles is 1. The molecule has 0 aliphatic rings. The summed E-state index contributed by atoms with van der Waals surface area (Å²) in [6, 6.07) is 11.7. The van der Waals surface area contributed by atoms with E-state index in [1.165, 1.54) is 0 Å². The van der Waals surface area contributed by atoms with Crippen molar-refractivity contribution in [2.75, 3.05) is 5.32 Å². The molecule has 1 atom stereocenters. The topological polar surface area (TPSA) is 61.0 Å². The van der Waals surface area contributed by atoms with Crippen molar-refractivity contribution >= 4 is 5.69 Å². The number of aliphatic hydroxyl groups excluding tert-OH is 1. The molecule has 0 spiro atoms. The molecule has 4 nitrogen and oxygen atoms in total. The van der Waals surface area contributed by atoms with Gasteiger partial charge in [0.05, 0.1) is 6.10 Å². The van der Waals surface area contributed by atoms with Gasteiger partial charge in [-0.05, 0) is 24.6 Å². The quantitative estimate of drug-likeness (QED) is 0.882. The Bertz CT molecular complexity index is 608. The van der Waals surface area contributed by atoms with Gasteiger partial charge in [-0.15, -0.1) is 0 Å². The highest BCUT2D eigenvalue weighted by Gasteiger charge is 2.07. The number of aliphatic hydroxyl groups is 1. The van der Waals surface area contributed by atoms with Crippen molar-refractivity contribution < 1.29 is 5.11 Å². The van der Waals surface area contributed by atoms with Crippen molar-refractivity contribution in [1.29, 1.82) is 5.26 Å². The van der Waals surface area contributed by atoms with Crippen LogP contribution in [0.2, 0.25) is 0 Å². The number of nitrogens with one attached hydrogen (secondary N) is 1. The predicted octanol–water partition coefficient (Wildman–Crippen LogP) is 2.56. The number of para-hydroxylation sites is 1. The third kappa shape index (κ3) is 2.95. The Labute approximate surface area is 112 Å². The van der Waals surface area contributed by atoms with E-state index in [1.807, 2.05) is 43.6 Å². The Morgan fingerprint density at radius 1 is 1.42 bits per heavy atom. The highest BCUT2D eigenvalue weighted by atomic mass is 16.3. The number of rotatable bonds is 4. The van der Waals surface area contributed by atoms with E-state index in [4.69, 9.17) is 5.26 Å². The molecule has 1 heterocycles. The highest BCUT2D eigenvalue weighted by Crippen LogP contribution is 2.22. The zero-order valence-electron chi connectivity index (χ0n) is 11.1. The summed E-state index contributed by atoms with van der Waals surface area (Å²) in [6.45, 7) is 2.37. The molecule has 1 aromatic heterocycles. The minimum Gasteiger partial charge on any atom is -0.389 e. The first-order valence-corrected chi connectivity index (χ1v) is 6.18. The molecule has 0 saturated heterocycles. The summed E-state index contributed by atoms with van der Waals surface area (Å²) in [7, 11) is 1.85. The van der Waals surface area contributed by atoms with Crippen LogP contribution in [0.1, 0.15) is 29.8 Å². The molecule has 1 unspecified atom stereocenters. The molecule has 4 heteroatoms. The highest BCUT2D eigenvalue weighted by molar-refractivity contribution is 5.52. The number of anilines is 1. The molecule has 2 rings (SSSR count). The van der Waals surface area contributed by atoms with E-state index in [1.54, 1.807) is 11.5 Å². The summed E-state index contributed by atoms with van der Waals surface area (Å²) >= 11 is 0. The fraction of sp³-hybridized carbons (Fsp3) is 0.267. The van der Waals surface area contributed by atoms with E-state index >= 15 is 0 Å². The van der Waals surface area contributed by atoms with Gasteiger partial charge in [-0.3, -0.25) is 0 Å². The molecule has 19 heavy (non-hydrogen) atoms. The maximum Gasteiger partial charge on any atom is 0.120 e. The lowest BCUT2D eigenvalue weighted by molar-refractivity contribution is 0.200. The van der Waals surface area contributed by atoms with Crippen LogP contribution in [-0.2, 0) is 13.6 Å². The van der Waals surface area contributed by atoms with Crippen LogP contribution in [0.25, 0.3) is 0 Å². The van der Waals surface area contributed by atoms with Crippen molar-refractivity contribution in [2.45, 2.75) is 19.6 Å². The molecule has 0 radical (unpaired) electrons. The van der Waals surface area contributed by atoms with Crippen LogP contribution in [-0.4, -0.2) is 9.67 Å². The zero-order chi connectivity index (χ0) is 13.8. The third-order valence-corrected chi connectivity index (χ3v) is 3.07. The van der Waals surface area contributed by atoms with Crippen molar-refractivity contribution in [2.24, 2.45) is 7.05 Å². The second-order valence-corrected chi connectivity index (χ2v) is 4.57. The van der Waals surface area contributed by atoms with E-state index in [0.717, 1.165) is 16.8 Å². The number of benzene rings is 1. The number of hydrogen-bond acceptors (Lipinski definition) is 3. The molecule has 0 bridgehead atoms. The van der Waals surface area contributed by atoms with Gasteiger partial charge in [-0.1, -0.05) is 18.2 Å². The molecular formula is C15H17N3O. The Morgan fingerprint density at radius 2 is 2.16 bits per heavy atom.